The lowest BCUT2D eigenvalue weighted by Crippen LogP contribution is -2.53. The molecule has 3 aromatic carbocycles. The van der Waals surface area contributed by atoms with E-state index in [2.05, 4.69) is 5.32 Å². The number of amides is 3. The van der Waals surface area contributed by atoms with Gasteiger partial charge in [0.1, 0.15) is 17.0 Å². The number of aryl methyl sites for hydroxylation is 1. The molecule has 2 heterocycles. The third kappa shape index (κ3) is 5.27. The molecule has 0 bridgehead atoms. The minimum absolute atomic E-state index is 0.00337. The molecule has 3 aromatic rings. The monoisotopic (exact) mass is 624 g/mol. The lowest BCUT2D eigenvalue weighted by Gasteiger charge is -2.33. The number of fused-ring (bicyclic) bond motifs is 1. The van der Waals surface area contributed by atoms with Gasteiger partial charge in [-0.25, -0.2) is 4.79 Å². The van der Waals surface area contributed by atoms with Gasteiger partial charge in [-0.1, -0.05) is 37.6 Å². The third-order valence-electron chi connectivity index (χ3n) is 7.53. The lowest BCUT2D eigenvalue weighted by atomic mass is 9.90. The highest BCUT2D eigenvalue weighted by molar-refractivity contribution is 6.07. The van der Waals surface area contributed by atoms with Crippen molar-refractivity contribution in [3.8, 4) is 23.0 Å². The maximum Gasteiger partial charge on any atom is 0.430 e. The number of nitrogens with one attached hydrogen (secondary N) is 1. The van der Waals surface area contributed by atoms with Gasteiger partial charge >= 0.3 is 18.4 Å². The van der Waals surface area contributed by atoms with Gasteiger partial charge in [-0.05, 0) is 66.4 Å². The van der Waals surface area contributed by atoms with Crippen LogP contribution in [0.2, 0.25) is 0 Å². The van der Waals surface area contributed by atoms with Crippen molar-refractivity contribution in [2.45, 2.75) is 56.7 Å². The number of rotatable bonds is 8. The van der Waals surface area contributed by atoms with E-state index in [1.54, 1.807) is 44.2 Å². The Hall–Kier alpha value is -4.46. The highest BCUT2D eigenvalue weighted by Crippen LogP contribution is 2.50. The minimum Gasteiger partial charge on any atom is -0.457 e. The van der Waals surface area contributed by atoms with Crippen LogP contribution >= 0.6 is 0 Å². The smallest absolute Gasteiger partial charge is 0.430 e. The van der Waals surface area contributed by atoms with Crippen LogP contribution in [0.1, 0.15) is 42.5 Å². The summed E-state index contributed by atoms with van der Waals surface area (Å²) in [5, 5.41) is 12.5. The van der Waals surface area contributed by atoms with Crippen molar-refractivity contribution in [3.63, 3.8) is 0 Å². The summed E-state index contributed by atoms with van der Waals surface area (Å²) in [6.45, 7) is 3.21. The standard InChI is InChI=1S/C30H26F6N2O6/c1-3-4-18-13-20(28(41,29(31,32)33)30(34,35)36)8-11-22(18)44-21-9-5-17(6-10-21)15-38-25(39)27(2,37-26(38)40)19-7-12-23-24(14-19)43-16-42-23/h5-14,41H,3-4,15-16H2,1-2H3,(H,37,40). The second kappa shape index (κ2) is 10.9. The van der Waals surface area contributed by atoms with E-state index in [4.69, 9.17) is 14.2 Å². The molecule has 2 aliphatic heterocycles. The molecule has 44 heavy (non-hydrogen) atoms. The molecule has 3 amide bonds. The van der Waals surface area contributed by atoms with Crippen LogP contribution in [0.3, 0.4) is 0 Å². The number of carbonyl (C=O) groups is 2. The van der Waals surface area contributed by atoms with Crippen LogP contribution < -0.4 is 19.5 Å². The molecule has 0 saturated carbocycles. The number of benzene rings is 3. The number of nitrogens with zero attached hydrogens (tertiary/aromatic N) is 1. The number of imide groups is 1. The molecule has 2 aliphatic rings. The van der Waals surface area contributed by atoms with Crippen molar-refractivity contribution in [2.24, 2.45) is 0 Å². The van der Waals surface area contributed by atoms with Gasteiger partial charge in [0.25, 0.3) is 11.5 Å². The second-order valence-corrected chi connectivity index (χ2v) is 10.5. The fourth-order valence-electron chi connectivity index (χ4n) is 5.07. The number of ether oxygens (including phenoxy) is 3. The highest BCUT2D eigenvalue weighted by atomic mass is 19.4. The van der Waals surface area contributed by atoms with Crippen LogP contribution in [0.5, 0.6) is 23.0 Å². The summed E-state index contributed by atoms with van der Waals surface area (Å²) < 4.78 is 96.8. The van der Waals surface area contributed by atoms with Crippen LogP contribution in [-0.2, 0) is 28.9 Å². The molecule has 234 valence electrons. The second-order valence-electron chi connectivity index (χ2n) is 10.5. The summed E-state index contributed by atoms with van der Waals surface area (Å²) in [7, 11) is 0. The Kier molecular flexibility index (Phi) is 7.69. The van der Waals surface area contributed by atoms with Gasteiger partial charge in [0, 0.05) is 5.56 Å². The predicted molar refractivity (Wildman–Crippen MR) is 142 cm³/mol. The fourth-order valence-corrected chi connectivity index (χ4v) is 5.07. The quantitative estimate of drug-likeness (QED) is 0.221. The molecule has 1 fully saturated rings. The normalized spacial score (nSPS) is 18.5. The van der Waals surface area contributed by atoms with E-state index in [0.717, 1.165) is 11.0 Å². The van der Waals surface area contributed by atoms with E-state index in [9.17, 15) is 41.0 Å². The first kappa shape index (κ1) is 31.0. The molecule has 1 unspecified atom stereocenters. The predicted octanol–water partition coefficient (Wildman–Crippen LogP) is 6.44. The summed E-state index contributed by atoms with van der Waals surface area (Å²) in [5.41, 5.74) is -6.70. The van der Waals surface area contributed by atoms with Crippen molar-refractivity contribution in [2.75, 3.05) is 6.79 Å². The molecule has 0 radical (unpaired) electrons. The van der Waals surface area contributed by atoms with Crippen molar-refractivity contribution in [3.05, 3.63) is 82.9 Å². The fraction of sp³-hybridized carbons (Fsp3) is 0.333. The maximum atomic E-state index is 13.4. The van der Waals surface area contributed by atoms with Crippen LogP contribution in [0.15, 0.2) is 60.7 Å². The average Bonchev–Trinajstić information content (AvgIpc) is 3.51. The molecule has 5 rings (SSSR count). The van der Waals surface area contributed by atoms with Gasteiger partial charge in [0.2, 0.25) is 6.79 Å². The van der Waals surface area contributed by atoms with Crippen LogP contribution in [-0.4, -0.2) is 41.1 Å². The highest BCUT2D eigenvalue weighted by Gasteiger charge is 2.71. The number of urea groups is 1. The molecule has 8 nitrogen and oxygen atoms in total. The first-order valence-corrected chi connectivity index (χ1v) is 13.4. The first-order valence-electron chi connectivity index (χ1n) is 13.4. The van der Waals surface area contributed by atoms with E-state index in [1.807, 2.05) is 0 Å². The molecule has 0 aliphatic carbocycles. The molecule has 1 saturated heterocycles. The molecule has 1 atom stereocenters. The van der Waals surface area contributed by atoms with Gasteiger partial charge in [-0.2, -0.15) is 26.3 Å². The van der Waals surface area contributed by atoms with Crippen molar-refractivity contribution >= 4 is 11.9 Å². The summed E-state index contributed by atoms with van der Waals surface area (Å²) >= 11 is 0. The molecular formula is C30H26F6N2O6. The Morgan fingerprint density at radius 1 is 0.932 bits per heavy atom. The molecule has 14 heteroatoms. The van der Waals surface area contributed by atoms with Crippen LogP contribution in [0.25, 0.3) is 0 Å². The Morgan fingerprint density at radius 2 is 1.59 bits per heavy atom. The number of hydrogen-bond donors (Lipinski definition) is 2. The molecule has 2 N–H and O–H groups in total. The van der Waals surface area contributed by atoms with E-state index in [-0.39, 0.29) is 36.8 Å². The van der Waals surface area contributed by atoms with Gasteiger partial charge in [0.15, 0.2) is 11.5 Å². The van der Waals surface area contributed by atoms with Gasteiger partial charge in [0.05, 0.1) is 6.54 Å². The zero-order chi connectivity index (χ0) is 32.1. The number of aliphatic hydroxyl groups is 1. The lowest BCUT2D eigenvalue weighted by molar-refractivity contribution is -0.376. The van der Waals surface area contributed by atoms with E-state index < -0.39 is 41.0 Å². The SMILES string of the molecule is CCCc1cc(C(O)(C(F)(F)F)C(F)(F)F)ccc1Oc1ccc(CN2C(=O)NC(C)(c3ccc4c(c3)OCO4)C2=O)cc1. The maximum absolute atomic E-state index is 13.4. The van der Waals surface area contributed by atoms with Gasteiger partial charge < -0.3 is 24.6 Å². The number of hydrogen-bond acceptors (Lipinski definition) is 6. The summed E-state index contributed by atoms with van der Waals surface area (Å²) in [6.07, 6.45) is -11.6. The largest absolute Gasteiger partial charge is 0.457 e. The van der Waals surface area contributed by atoms with Gasteiger partial charge in [-0.15, -0.1) is 0 Å². The number of halogens is 6. The molecule has 0 aromatic heterocycles. The number of alkyl halides is 6. The zero-order valence-electron chi connectivity index (χ0n) is 23.3. The average molecular weight is 625 g/mol. The van der Waals surface area contributed by atoms with E-state index in [0.29, 0.717) is 41.2 Å². The van der Waals surface area contributed by atoms with E-state index >= 15 is 0 Å². The Balaban J connectivity index is 1.33. The van der Waals surface area contributed by atoms with Gasteiger partial charge in [-0.3, -0.25) is 9.69 Å². The van der Waals surface area contributed by atoms with Crippen LogP contribution in [0, 0.1) is 0 Å². The molecular weight excluding hydrogens is 598 g/mol. The Labute approximate surface area is 247 Å². The van der Waals surface area contributed by atoms with Crippen molar-refractivity contribution in [1.82, 2.24) is 10.2 Å². The van der Waals surface area contributed by atoms with Crippen molar-refractivity contribution < 1.29 is 55.2 Å². The first-order chi connectivity index (χ1) is 20.6. The Bertz CT molecular complexity index is 1580. The topological polar surface area (TPSA) is 97.3 Å². The summed E-state index contributed by atoms with van der Waals surface area (Å²) in [4.78, 5) is 27.2. The zero-order valence-corrected chi connectivity index (χ0v) is 23.3. The van der Waals surface area contributed by atoms with Crippen LogP contribution in [0.4, 0.5) is 31.1 Å². The summed E-state index contributed by atoms with van der Waals surface area (Å²) in [6, 6.07) is 12.5. The third-order valence-corrected chi connectivity index (χ3v) is 7.53. The minimum atomic E-state index is -6.01. The molecule has 0 spiro atoms. The summed E-state index contributed by atoms with van der Waals surface area (Å²) in [5.74, 6) is 0.679. The number of carbonyl (C=O) groups excluding carboxylic acids is 2. The Morgan fingerprint density at radius 3 is 2.23 bits per heavy atom. The van der Waals surface area contributed by atoms with Crippen molar-refractivity contribution in [1.29, 1.82) is 0 Å². The van der Waals surface area contributed by atoms with E-state index in [1.165, 1.54) is 12.1 Å².